The number of halogens is 1. The van der Waals surface area contributed by atoms with Crippen LogP contribution in [-0.4, -0.2) is 18.6 Å². The Morgan fingerprint density at radius 1 is 1.44 bits per heavy atom. The number of hydrogen-bond acceptors (Lipinski definition) is 3. The first kappa shape index (κ1) is 15.7. The SMILES string of the molecule is CC(C)[C@@H]1CC[C@@H](C)C[C@H]1OC(=O)CN.Cl. The molecule has 0 aromatic heterocycles. The van der Waals surface area contributed by atoms with E-state index in [1.54, 1.807) is 0 Å². The van der Waals surface area contributed by atoms with E-state index in [9.17, 15) is 4.79 Å². The van der Waals surface area contributed by atoms with Crippen LogP contribution in [0.4, 0.5) is 0 Å². The summed E-state index contributed by atoms with van der Waals surface area (Å²) in [6.45, 7) is 6.61. The zero-order valence-corrected chi connectivity index (χ0v) is 11.3. The lowest BCUT2D eigenvalue weighted by Gasteiger charge is -2.36. The Kier molecular flexibility index (Phi) is 7.00. The smallest absolute Gasteiger partial charge is 0.319 e. The summed E-state index contributed by atoms with van der Waals surface area (Å²) in [7, 11) is 0. The van der Waals surface area contributed by atoms with Crippen molar-refractivity contribution in [2.75, 3.05) is 6.54 Å². The van der Waals surface area contributed by atoms with Gasteiger partial charge < -0.3 is 10.5 Å². The zero-order valence-electron chi connectivity index (χ0n) is 10.4. The molecule has 0 saturated heterocycles. The van der Waals surface area contributed by atoms with Gasteiger partial charge >= 0.3 is 5.97 Å². The predicted molar refractivity (Wildman–Crippen MR) is 67.5 cm³/mol. The van der Waals surface area contributed by atoms with Crippen LogP contribution in [0.25, 0.3) is 0 Å². The highest BCUT2D eigenvalue weighted by atomic mass is 35.5. The molecule has 1 fully saturated rings. The molecular formula is C12H24ClNO2. The highest BCUT2D eigenvalue weighted by Crippen LogP contribution is 2.35. The summed E-state index contributed by atoms with van der Waals surface area (Å²) in [6, 6.07) is 0. The fourth-order valence-corrected chi connectivity index (χ4v) is 2.47. The number of esters is 1. The number of carbonyl (C=O) groups excluding carboxylic acids is 1. The molecule has 3 atom stereocenters. The van der Waals surface area contributed by atoms with Gasteiger partial charge in [-0.15, -0.1) is 12.4 Å². The van der Waals surface area contributed by atoms with Crippen molar-refractivity contribution in [2.45, 2.75) is 46.1 Å². The van der Waals surface area contributed by atoms with Crippen LogP contribution >= 0.6 is 12.4 Å². The molecule has 0 amide bonds. The molecule has 1 aliphatic carbocycles. The molecular weight excluding hydrogens is 226 g/mol. The summed E-state index contributed by atoms with van der Waals surface area (Å²) in [5.41, 5.74) is 5.27. The van der Waals surface area contributed by atoms with E-state index in [1.165, 1.54) is 12.8 Å². The molecule has 0 heterocycles. The van der Waals surface area contributed by atoms with Crippen LogP contribution in [0.5, 0.6) is 0 Å². The second kappa shape index (κ2) is 7.13. The third-order valence-electron chi connectivity index (χ3n) is 3.41. The van der Waals surface area contributed by atoms with Gasteiger partial charge in [-0.2, -0.15) is 0 Å². The standard InChI is InChI=1S/C12H23NO2.ClH/c1-8(2)10-5-4-9(3)6-11(10)15-12(14)7-13;/h8-11H,4-7,13H2,1-3H3;1H/t9-,10+,11-;/m1./s1. The summed E-state index contributed by atoms with van der Waals surface area (Å²) in [5.74, 6) is 1.49. The molecule has 3 nitrogen and oxygen atoms in total. The van der Waals surface area contributed by atoms with E-state index in [0.717, 1.165) is 6.42 Å². The first-order chi connectivity index (χ1) is 7.04. The summed E-state index contributed by atoms with van der Waals surface area (Å²) in [5, 5.41) is 0. The van der Waals surface area contributed by atoms with Crippen molar-refractivity contribution >= 4 is 18.4 Å². The van der Waals surface area contributed by atoms with Gasteiger partial charge in [0.1, 0.15) is 6.10 Å². The molecule has 0 bridgehead atoms. The maximum atomic E-state index is 11.2. The Morgan fingerprint density at radius 3 is 2.56 bits per heavy atom. The lowest BCUT2D eigenvalue weighted by Crippen LogP contribution is -2.37. The Morgan fingerprint density at radius 2 is 2.06 bits per heavy atom. The van der Waals surface area contributed by atoms with Gasteiger partial charge in [-0.25, -0.2) is 0 Å². The number of rotatable bonds is 3. The molecule has 0 radical (unpaired) electrons. The lowest BCUT2D eigenvalue weighted by molar-refractivity contribution is -0.154. The van der Waals surface area contributed by atoms with Crippen molar-refractivity contribution < 1.29 is 9.53 Å². The zero-order chi connectivity index (χ0) is 11.4. The van der Waals surface area contributed by atoms with Gasteiger partial charge in [-0.3, -0.25) is 4.79 Å². The van der Waals surface area contributed by atoms with Crippen LogP contribution in [0.1, 0.15) is 40.0 Å². The monoisotopic (exact) mass is 249 g/mol. The second-order valence-corrected chi connectivity index (χ2v) is 5.06. The first-order valence-electron chi connectivity index (χ1n) is 5.94. The van der Waals surface area contributed by atoms with E-state index in [1.807, 2.05) is 0 Å². The van der Waals surface area contributed by atoms with Crippen molar-refractivity contribution in [1.29, 1.82) is 0 Å². The average Bonchev–Trinajstić information content (AvgIpc) is 2.17. The van der Waals surface area contributed by atoms with E-state index in [-0.39, 0.29) is 31.0 Å². The topological polar surface area (TPSA) is 52.3 Å². The minimum atomic E-state index is -0.264. The van der Waals surface area contributed by atoms with Crippen LogP contribution in [0.2, 0.25) is 0 Å². The van der Waals surface area contributed by atoms with Gasteiger partial charge in [-0.1, -0.05) is 27.2 Å². The molecule has 2 N–H and O–H groups in total. The first-order valence-corrected chi connectivity index (χ1v) is 5.94. The third-order valence-corrected chi connectivity index (χ3v) is 3.41. The van der Waals surface area contributed by atoms with Crippen molar-refractivity contribution in [1.82, 2.24) is 0 Å². The predicted octanol–water partition coefficient (Wildman–Crippen LogP) is 2.37. The summed E-state index contributed by atoms with van der Waals surface area (Å²) in [6.07, 6.45) is 3.50. The number of ether oxygens (including phenoxy) is 1. The largest absolute Gasteiger partial charge is 0.461 e. The van der Waals surface area contributed by atoms with E-state index < -0.39 is 0 Å². The molecule has 1 rings (SSSR count). The lowest BCUT2D eigenvalue weighted by atomic mass is 9.75. The molecule has 16 heavy (non-hydrogen) atoms. The van der Waals surface area contributed by atoms with Crippen LogP contribution in [-0.2, 0) is 9.53 Å². The average molecular weight is 250 g/mol. The Balaban J connectivity index is 0.00000225. The number of carbonyl (C=O) groups is 1. The van der Waals surface area contributed by atoms with Crippen LogP contribution in [0.15, 0.2) is 0 Å². The molecule has 0 aromatic rings. The fourth-order valence-electron chi connectivity index (χ4n) is 2.47. The van der Waals surface area contributed by atoms with E-state index >= 15 is 0 Å². The molecule has 0 aromatic carbocycles. The summed E-state index contributed by atoms with van der Waals surface area (Å²) < 4.78 is 5.42. The maximum Gasteiger partial charge on any atom is 0.319 e. The van der Waals surface area contributed by atoms with E-state index in [4.69, 9.17) is 10.5 Å². The molecule has 1 saturated carbocycles. The summed E-state index contributed by atoms with van der Waals surface area (Å²) in [4.78, 5) is 11.2. The molecule has 0 aliphatic heterocycles. The molecule has 4 heteroatoms. The van der Waals surface area contributed by atoms with Crippen LogP contribution < -0.4 is 5.73 Å². The van der Waals surface area contributed by atoms with E-state index in [0.29, 0.717) is 17.8 Å². The van der Waals surface area contributed by atoms with Gasteiger partial charge in [0.2, 0.25) is 0 Å². The number of nitrogens with two attached hydrogens (primary N) is 1. The van der Waals surface area contributed by atoms with Gasteiger partial charge in [0.15, 0.2) is 0 Å². The highest BCUT2D eigenvalue weighted by molar-refractivity contribution is 5.85. The number of hydrogen-bond donors (Lipinski definition) is 1. The van der Waals surface area contributed by atoms with Crippen molar-refractivity contribution in [2.24, 2.45) is 23.5 Å². The third kappa shape index (κ3) is 4.30. The quantitative estimate of drug-likeness (QED) is 0.782. The molecule has 0 unspecified atom stereocenters. The Bertz CT molecular complexity index is 221. The molecule has 0 spiro atoms. The fraction of sp³-hybridized carbons (Fsp3) is 0.917. The minimum Gasteiger partial charge on any atom is -0.461 e. The van der Waals surface area contributed by atoms with Crippen molar-refractivity contribution in [3.05, 3.63) is 0 Å². The van der Waals surface area contributed by atoms with Crippen molar-refractivity contribution in [3.63, 3.8) is 0 Å². The van der Waals surface area contributed by atoms with Gasteiger partial charge in [0.05, 0.1) is 6.54 Å². The Hall–Kier alpha value is -0.280. The van der Waals surface area contributed by atoms with Gasteiger partial charge in [0, 0.05) is 0 Å². The van der Waals surface area contributed by atoms with E-state index in [2.05, 4.69) is 20.8 Å². The van der Waals surface area contributed by atoms with Gasteiger partial charge in [-0.05, 0) is 30.6 Å². The van der Waals surface area contributed by atoms with Gasteiger partial charge in [0.25, 0.3) is 0 Å². The minimum absolute atomic E-state index is 0. The van der Waals surface area contributed by atoms with Crippen molar-refractivity contribution in [3.8, 4) is 0 Å². The maximum absolute atomic E-state index is 11.2. The van der Waals surface area contributed by atoms with Crippen LogP contribution in [0.3, 0.4) is 0 Å². The molecule has 96 valence electrons. The van der Waals surface area contributed by atoms with Crippen LogP contribution in [0, 0.1) is 17.8 Å². The normalized spacial score (nSPS) is 29.7. The molecule has 1 aliphatic rings. The summed E-state index contributed by atoms with van der Waals surface area (Å²) >= 11 is 0. The Labute approximate surface area is 105 Å². The highest BCUT2D eigenvalue weighted by Gasteiger charge is 2.32. The second-order valence-electron chi connectivity index (χ2n) is 5.06.